The summed E-state index contributed by atoms with van der Waals surface area (Å²) in [5.41, 5.74) is -0.524. The van der Waals surface area contributed by atoms with E-state index in [1.54, 1.807) is 11.0 Å². The van der Waals surface area contributed by atoms with E-state index in [-0.39, 0.29) is 5.91 Å². The predicted molar refractivity (Wildman–Crippen MR) is 72.8 cm³/mol. The average molecular weight is 281 g/mol. The Hall–Kier alpha value is -1.11. The molecule has 1 aliphatic heterocycles. The number of rotatable bonds is 2. The van der Waals surface area contributed by atoms with Gasteiger partial charge in [-0.25, -0.2) is 4.68 Å². The Bertz CT molecular complexity index is 423. The highest BCUT2D eigenvalue weighted by Crippen LogP contribution is 2.36. The third kappa shape index (κ3) is 2.35. The first-order valence-electron chi connectivity index (χ1n) is 6.93. The molecule has 6 nitrogen and oxygen atoms in total. The van der Waals surface area contributed by atoms with Crippen molar-refractivity contribution in [2.45, 2.75) is 37.6 Å². The van der Waals surface area contributed by atoms with Crippen molar-refractivity contribution in [2.24, 2.45) is 0 Å². The van der Waals surface area contributed by atoms with Crippen molar-refractivity contribution in [3.8, 4) is 0 Å². The Labute approximate surface area is 116 Å². The zero-order chi connectivity index (χ0) is 13.1. The van der Waals surface area contributed by atoms with Crippen LogP contribution < -0.4 is 0 Å². The summed E-state index contributed by atoms with van der Waals surface area (Å²) in [6.07, 6.45) is 6.68. The van der Waals surface area contributed by atoms with Crippen LogP contribution in [-0.2, 0) is 10.3 Å². The summed E-state index contributed by atoms with van der Waals surface area (Å²) in [5, 5.41) is 11.5. The van der Waals surface area contributed by atoms with Crippen molar-refractivity contribution in [2.75, 3.05) is 24.6 Å². The molecule has 0 N–H and O–H groups in total. The van der Waals surface area contributed by atoms with Crippen LogP contribution in [0.5, 0.6) is 0 Å². The molecule has 2 aliphatic rings. The summed E-state index contributed by atoms with van der Waals surface area (Å²) in [6, 6.07) is 0. The zero-order valence-corrected chi connectivity index (χ0v) is 11.8. The van der Waals surface area contributed by atoms with Gasteiger partial charge in [0.05, 0.1) is 0 Å². The highest BCUT2D eigenvalue weighted by atomic mass is 32.2. The van der Waals surface area contributed by atoms with Gasteiger partial charge in [-0.2, -0.15) is 11.8 Å². The fourth-order valence-corrected chi connectivity index (χ4v) is 4.00. The molecule has 7 heteroatoms. The van der Waals surface area contributed by atoms with Crippen molar-refractivity contribution in [3.05, 3.63) is 6.33 Å². The number of aromatic nitrogens is 4. The highest BCUT2D eigenvalue weighted by molar-refractivity contribution is 7.99. The monoisotopic (exact) mass is 281 g/mol. The first kappa shape index (κ1) is 12.9. The molecule has 1 aromatic heterocycles. The molecule has 0 spiro atoms. The second-order valence-corrected chi connectivity index (χ2v) is 6.48. The van der Waals surface area contributed by atoms with Crippen molar-refractivity contribution in [1.29, 1.82) is 0 Å². The molecule has 1 aromatic rings. The number of hydrogen-bond acceptors (Lipinski definition) is 5. The lowest BCUT2D eigenvalue weighted by Gasteiger charge is -2.40. The molecule has 0 bridgehead atoms. The molecule has 2 heterocycles. The molecule has 0 unspecified atom stereocenters. The van der Waals surface area contributed by atoms with Gasteiger partial charge in [-0.1, -0.05) is 19.3 Å². The molecule has 1 saturated carbocycles. The van der Waals surface area contributed by atoms with Crippen molar-refractivity contribution in [1.82, 2.24) is 25.1 Å². The van der Waals surface area contributed by atoms with Gasteiger partial charge in [-0.15, -0.1) is 5.10 Å². The van der Waals surface area contributed by atoms with Crippen molar-refractivity contribution >= 4 is 17.7 Å². The van der Waals surface area contributed by atoms with E-state index < -0.39 is 5.54 Å². The van der Waals surface area contributed by atoms with Gasteiger partial charge in [0.25, 0.3) is 5.91 Å². The molecule has 0 atom stereocenters. The fraction of sp³-hybridized carbons (Fsp3) is 0.833. The molecule has 3 rings (SSSR count). The molecule has 1 amide bonds. The van der Waals surface area contributed by atoms with Crippen LogP contribution in [0.25, 0.3) is 0 Å². The number of hydrogen-bond donors (Lipinski definition) is 0. The van der Waals surface area contributed by atoms with Gasteiger partial charge < -0.3 is 4.90 Å². The van der Waals surface area contributed by atoms with Crippen LogP contribution in [-0.4, -0.2) is 55.6 Å². The molecule has 0 radical (unpaired) electrons. The first-order chi connectivity index (χ1) is 9.33. The minimum absolute atomic E-state index is 0.222. The second-order valence-electron chi connectivity index (χ2n) is 5.25. The van der Waals surface area contributed by atoms with E-state index in [2.05, 4.69) is 15.5 Å². The van der Waals surface area contributed by atoms with E-state index in [0.717, 1.165) is 50.3 Å². The van der Waals surface area contributed by atoms with Crippen LogP contribution in [0, 0.1) is 0 Å². The minimum atomic E-state index is -0.524. The third-order valence-corrected chi connectivity index (χ3v) is 5.11. The number of tetrazole rings is 1. The smallest absolute Gasteiger partial charge is 0.250 e. The molecule has 104 valence electrons. The summed E-state index contributed by atoms with van der Waals surface area (Å²) < 4.78 is 1.70. The molecule has 19 heavy (non-hydrogen) atoms. The lowest BCUT2D eigenvalue weighted by atomic mass is 9.80. The maximum Gasteiger partial charge on any atom is 0.250 e. The summed E-state index contributed by atoms with van der Waals surface area (Å²) in [5.74, 6) is 2.30. The summed E-state index contributed by atoms with van der Waals surface area (Å²) in [6.45, 7) is 1.71. The van der Waals surface area contributed by atoms with Gasteiger partial charge >= 0.3 is 0 Å². The Morgan fingerprint density at radius 2 is 1.89 bits per heavy atom. The number of carbonyl (C=O) groups excluding carboxylic acids is 1. The van der Waals surface area contributed by atoms with E-state index in [4.69, 9.17) is 0 Å². The van der Waals surface area contributed by atoms with E-state index in [9.17, 15) is 4.79 Å². The fourth-order valence-electron chi connectivity index (χ4n) is 3.10. The number of amides is 1. The topological polar surface area (TPSA) is 63.9 Å². The SMILES string of the molecule is O=C(N1CCSCC1)C1(n2cnnn2)CCCCC1. The number of nitrogens with zero attached hydrogens (tertiary/aromatic N) is 5. The van der Waals surface area contributed by atoms with Gasteiger partial charge in [-0.05, 0) is 23.3 Å². The van der Waals surface area contributed by atoms with Crippen molar-refractivity contribution in [3.63, 3.8) is 0 Å². The zero-order valence-electron chi connectivity index (χ0n) is 11.0. The predicted octanol–water partition coefficient (Wildman–Crippen LogP) is 0.908. The molecule has 0 aromatic carbocycles. The number of carbonyl (C=O) groups is 1. The summed E-state index contributed by atoms with van der Waals surface area (Å²) >= 11 is 1.92. The molecular weight excluding hydrogens is 262 g/mol. The maximum atomic E-state index is 13.0. The Balaban J connectivity index is 1.88. The largest absolute Gasteiger partial charge is 0.339 e. The Morgan fingerprint density at radius 1 is 1.16 bits per heavy atom. The van der Waals surface area contributed by atoms with Gasteiger partial charge in [0, 0.05) is 24.6 Å². The van der Waals surface area contributed by atoms with Crippen LogP contribution in [0.1, 0.15) is 32.1 Å². The lowest BCUT2D eigenvalue weighted by molar-refractivity contribution is -0.143. The molecule has 1 saturated heterocycles. The lowest BCUT2D eigenvalue weighted by Crippen LogP contribution is -2.54. The molecule has 2 fully saturated rings. The van der Waals surface area contributed by atoms with Crippen LogP contribution in [0.4, 0.5) is 0 Å². The second kappa shape index (κ2) is 5.48. The molecular formula is C12H19N5OS. The van der Waals surface area contributed by atoms with E-state index in [0.29, 0.717) is 0 Å². The van der Waals surface area contributed by atoms with Crippen LogP contribution in [0.3, 0.4) is 0 Å². The highest BCUT2D eigenvalue weighted by Gasteiger charge is 2.45. The van der Waals surface area contributed by atoms with Crippen LogP contribution in [0.2, 0.25) is 0 Å². The van der Waals surface area contributed by atoms with Crippen LogP contribution >= 0.6 is 11.8 Å². The maximum absolute atomic E-state index is 13.0. The van der Waals surface area contributed by atoms with Gasteiger partial charge in [0.1, 0.15) is 11.9 Å². The van der Waals surface area contributed by atoms with Crippen LogP contribution in [0.15, 0.2) is 6.33 Å². The Kier molecular flexibility index (Phi) is 3.72. The van der Waals surface area contributed by atoms with Gasteiger partial charge in [-0.3, -0.25) is 4.79 Å². The number of thioether (sulfide) groups is 1. The normalized spacial score (nSPS) is 23.3. The van der Waals surface area contributed by atoms with E-state index >= 15 is 0 Å². The van der Waals surface area contributed by atoms with Gasteiger partial charge in [0.2, 0.25) is 0 Å². The van der Waals surface area contributed by atoms with Crippen molar-refractivity contribution < 1.29 is 4.79 Å². The molecule has 1 aliphatic carbocycles. The standard InChI is InChI=1S/C12H19N5OS/c18-11(16-6-8-19-9-7-16)12(4-2-1-3-5-12)17-10-13-14-15-17/h10H,1-9H2. The first-order valence-corrected chi connectivity index (χ1v) is 8.09. The summed E-state index contributed by atoms with van der Waals surface area (Å²) in [7, 11) is 0. The Morgan fingerprint density at radius 3 is 2.53 bits per heavy atom. The quantitative estimate of drug-likeness (QED) is 0.806. The third-order valence-electron chi connectivity index (χ3n) is 4.16. The minimum Gasteiger partial charge on any atom is -0.339 e. The average Bonchev–Trinajstić information content (AvgIpc) is 3.03. The van der Waals surface area contributed by atoms with E-state index in [1.807, 2.05) is 16.7 Å². The summed E-state index contributed by atoms with van der Waals surface area (Å²) in [4.78, 5) is 15.0. The van der Waals surface area contributed by atoms with E-state index in [1.165, 1.54) is 6.42 Å². The van der Waals surface area contributed by atoms with Gasteiger partial charge in [0.15, 0.2) is 0 Å².